The number of fused-ring (bicyclic) bond motifs is 1. The van der Waals surface area contributed by atoms with E-state index in [9.17, 15) is 4.79 Å². The highest BCUT2D eigenvalue weighted by Gasteiger charge is 2.26. The third kappa shape index (κ3) is 1.68. The highest BCUT2D eigenvalue weighted by molar-refractivity contribution is 6.02. The van der Waals surface area contributed by atoms with Crippen molar-refractivity contribution in [1.82, 2.24) is 9.78 Å². The lowest BCUT2D eigenvalue weighted by molar-refractivity contribution is 0.0586. The van der Waals surface area contributed by atoms with Crippen LogP contribution in [0.2, 0.25) is 0 Å². The van der Waals surface area contributed by atoms with E-state index in [1.54, 1.807) is 0 Å². The molecule has 1 saturated carbocycles. The molecule has 0 aliphatic heterocycles. The van der Waals surface area contributed by atoms with Crippen LogP contribution in [0.1, 0.15) is 42.2 Å². The monoisotopic (exact) mass is 244 g/mol. The fourth-order valence-electron chi connectivity index (χ4n) is 2.76. The smallest absolute Gasteiger partial charge is 0.356 e. The first-order chi connectivity index (χ1) is 8.81. The zero-order valence-corrected chi connectivity index (χ0v) is 10.4. The molecule has 0 unspecified atom stereocenters. The van der Waals surface area contributed by atoms with Crippen molar-refractivity contribution in [2.45, 2.75) is 31.7 Å². The van der Waals surface area contributed by atoms with Gasteiger partial charge in [-0.1, -0.05) is 31.0 Å². The Morgan fingerprint density at radius 1 is 1.33 bits per heavy atom. The molecule has 94 valence electrons. The van der Waals surface area contributed by atoms with Gasteiger partial charge in [-0.2, -0.15) is 5.10 Å². The third-order valence-electron chi connectivity index (χ3n) is 3.65. The van der Waals surface area contributed by atoms with Gasteiger partial charge in [-0.05, 0) is 18.9 Å². The van der Waals surface area contributed by atoms with Crippen LogP contribution in [-0.2, 0) is 4.74 Å². The molecule has 0 saturated heterocycles. The molecule has 0 amide bonds. The fourth-order valence-corrected chi connectivity index (χ4v) is 2.76. The Balaban J connectivity index is 2.19. The van der Waals surface area contributed by atoms with Gasteiger partial charge in [-0.15, -0.1) is 0 Å². The minimum atomic E-state index is -0.296. The van der Waals surface area contributed by atoms with Crippen molar-refractivity contribution in [2.75, 3.05) is 7.11 Å². The highest BCUT2D eigenvalue weighted by Crippen LogP contribution is 2.32. The molecule has 1 heterocycles. The highest BCUT2D eigenvalue weighted by atomic mass is 16.5. The van der Waals surface area contributed by atoms with E-state index >= 15 is 0 Å². The fraction of sp³-hybridized carbons (Fsp3) is 0.429. The SMILES string of the molecule is COC(=O)c1c2ccccc2nn1C1CCCC1. The maximum absolute atomic E-state index is 12.0. The number of aromatic nitrogens is 2. The minimum Gasteiger partial charge on any atom is -0.464 e. The van der Waals surface area contributed by atoms with Crippen molar-refractivity contribution >= 4 is 16.9 Å². The number of esters is 1. The molecule has 1 aromatic carbocycles. The molecule has 1 aliphatic rings. The molecule has 3 rings (SSSR count). The number of hydrogen-bond donors (Lipinski definition) is 0. The number of carbonyl (C=O) groups excluding carboxylic acids is 1. The van der Waals surface area contributed by atoms with Gasteiger partial charge < -0.3 is 4.74 Å². The van der Waals surface area contributed by atoms with E-state index in [1.165, 1.54) is 20.0 Å². The number of hydrogen-bond acceptors (Lipinski definition) is 3. The number of benzene rings is 1. The van der Waals surface area contributed by atoms with Crippen molar-refractivity contribution in [3.05, 3.63) is 30.0 Å². The molecule has 1 aromatic heterocycles. The molecule has 0 atom stereocenters. The summed E-state index contributed by atoms with van der Waals surface area (Å²) in [6.07, 6.45) is 4.61. The largest absolute Gasteiger partial charge is 0.464 e. The summed E-state index contributed by atoms with van der Waals surface area (Å²) in [6, 6.07) is 8.07. The Hall–Kier alpha value is -1.84. The molecule has 2 aromatic rings. The first-order valence-electron chi connectivity index (χ1n) is 6.37. The van der Waals surface area contributed by atoms with E-state index in [-0.39, 0.29) is 5.97 Å². The van der Waals surface area contributed by atoms with Crippen molar-refractivity contribution in [3.63, 3.8) is 0 Å². The van der Waals surface area contributed by atoms with E-state index in [1.807, 2.05) is 28.9 Å². The van der Waals surface area contributed by atoms with Gasteiger partial charge in [0.1, 0.15) is 0 Å². The number of ether oxygens (including phenoxy) is 1. The zero-order valence-electron chi connectivity index (χ0n) is 10.4. The van der Waals surface area contributed by atoms with Crippen LogP contribution in [0.4, 0.5) is 0 Å². The molecule has 0 bridgehead atoms. The molecule has 1 fully saturated rings. The van der Waals surface area contributed by atoms with Crippen LogP contribution in [0, 0.1) is 0 Å². The third-order valence-corrected chi connectivity index (χ3v) is 3.65. The van der Waals surface area contributed by atoms with E-state index in [2.05, 4.69) is 5.10 Å². The Labute approximate surface area is 106 Å². The standard InChI is InChI=1S/C14H16N2O2/c1-18-14(17)13-11-8-4-5-9-12(11)15-16(13)10-6-2-3-7-10/h4-5,8-10H,2-3,6-7H2,1H3. The first kappa shape index (κ1) is 11.3. The number of nitrogens with zero attached hydrogens (tertiary/aromatic N) is 2. The van der Waals surface area contributed by atoms with Crippen LogP contribution < -0.4 is 0 Å². The van der Waals surface area contributed by atoms with Crippen molar-refractivity contribution in [2.24, 2.45) is 0 Å². The first-order valence-corrected chi connectivity index (χ1v) is 6.37. The molecular weight excluding hydrogens is 228 g/mol. The average molecular weight is 244 g/mol. The van der Waals surface area contributed by atoms with Crippen LogP contribution in [0.25, 0.3) is 10.9 Å². The predicted molar refractivity (Wildman–Crippen MR) is 68.6 cm³/mol. The Kier molecular flexibility index (Phi) is 2.78. The summed E-state index contributed by atoms with van der Waals surface area (Å²) in [7, 11) is 1.42. The summed E-state index contributed by atoms with van der Waals surface area (Å²) in [5, 5.41) is 5.46. The summed E-state index contributed by atoms with van der Waals surface area (Å²) in [5.41, 5.74) is 1.46. The van der Waals surface area contributed by atoms with Crippen LogP contribution in [-0.4, -0.2) is 22.9 Å². The molecule has 0 radical (unpaired) electrons. The predicted octanol–water partition coefficient (Wildman–Crippen LogP) is 2.94. The van der Waals surface area contributed by atoms with Crippen molar-refractivity contribution < 1.29 is 9.53 Å². The zero-order chi connectivity index (χ0) is 12.5. The van der Waals surface area contributed by atoms with E-state index in [0.717, 1.165) is 23.7 Å². The van der Waals surface area contributed by atoms with E-state index < -0.39 is 0 Å². The van der Waals surface area contributed by atoms with Crippen LogP contribution in [0.3, 0.4) is 0 Å². The number of rotatable bonds is 2. The normalized spacial score (nSPS) is 16.3. The Bertz CT molecular complexity index is 582. The molecule has 1 aliphatic carbocycles. The maximum atomic E-state index is 12.0. The van der Waals surface area contributed by atoms with Gasteiger partial charge in [-0.3, -0.25) is 4.68 Å². The van der Waals surface area contributed by atoms with Crippen LogP contribution >= 0.6 is 0 Å². The second kappa shape index (κ2) is 4.44. The van der Waals surface area contributed by atoms with Gasteiger partial charge >= 0.3 is 5.97 Å². The van der Waals surface area contributed by atoms with Gasteiger partial charge in [0.2, 0.25) is 0 Å². The second-order valence-corrected chi connectivity index (χ2v) is 4.74. The molecular formula is C14H16N2O2. The van der Waals surface area contributed by atoms with Crippen molar-refractivity contribution in [1.29, 1.82) is 0 Å². The summed E-state index contributed by atoms with van der Waals surface area (Å²) >= 11 is 0. The van der Waals surface area contributed by atoms with Gasteiger partial charge in [-0.25, -0.2) is 4.79 Å². The van der Waals surface area contributed by atoms with Crippen molar-refractivity contribution in [3.8, 4) is 0 Å². The minimum absolute atomic E-state index is 0.296. The molecule has 0 spiro atoms. The summed E-state index contributed by atoms with van der Waals surface area (Å²) in [4.78, 5) is 12.0. The number of carbonyl (C=O) groups is 1. The van der Waals surface area contributed by atoms with Gasteiger partial charge in [0.25, 0.3) is 0 Å². The summed E-state index contributed by atoms with van der Waals surface area (Å²) < 4.78 is 6.78. The quantitative estimate of drug-likeness (QED) is 0.763. The van der Waals surface area contributed by atoms with Crippen LogP contribution in [0.15, 0.2) is 24.3 Å². The lowest BCUT2D eigenvalue weighted by Crippen LogP contribution is -2.15. The second-order valence-electron chi connectivity index (χ2n) is 4.74. The molecule has 0 N–H and O–H groups in total. The lowest BCUT2D eigenvalue weighted by Gasteiger charge is -2.12. The maximum Gasteiger partial charge on any atom is 0.356 e. The van der Waals surface area contributed by atoms with Gasteiger partial charge in [0.05, 0.1) is 18.7 Å². The molecule has 18 heavy (non-hydrogen) atoms. The van der Waals surface area contributed by atoms with E-state index in [0.29, 0.717) is 11.7 Å². The molecule has 4 heteroatoms. The summed E-state index contributed by atoms with van der Waals surface area (Å²) in [6.45, 7) is 0. The van der Waals surface area contributed by atoms with Gasteiger partial charge in [0.15, 0.2) is 5.69 Å². The Morgan fingerprint density at radius 2 is 2.06 bits per heavy atom. The Morgan fingerprint density at radius 3 is 2.78 bits per heavy atom. The summed E-state index contributed by atoms with van der Waals surface area (Å²) in [5.74, 6) is -0.296. The molecule has 4 nitrogen and oxygen atoms in total. The number of methoxy groups -OCH3 is 1. The topological polar surface area (TPSA) is 44.1 Å². The van der Waals surface area contributed by atoms with E-state index in [4.69, 9.17) is 4.74 Å². The average Bonchev–Trinajstić information content (AvgIpc) is 3.04. The van der Waals surface area contributed by atoms with Crippen LogP contribution in [0.5, 0.6) is 0 Å². The lowest BCUT2D eigenvalue weighted by atomic mass is 10.2. The van der Waals surface area contributed by atoms with Gasteiger partial charge in [0, 0.05) is 5.39 Å².